The van der Waals surface area contributed by atoms with E-state index in [-0.39, 0.29) is 23.1 Å². The highest BCUT2D eigenvalue weighted by molar-refractivity contribution is 6.05. The van der Waals surface area contributed by atoms with Gasteiger partial charge in [-0.15, -0.1) is 0 Å². The Hall–Kier alpha value is -5.10. The van der Waals surface area contributed by atoms with Crippen LogP contribution in [0.25, 0.3) is 22.6 Å². The second-order valence-corrected chi connectivity index (χ2v) is 11.6. The highest BCUT2D eigenvalue weighted by atomic mass is 19.4. The highest BCUT2D eigenvalue weighted by Crippen LogP contribution is 2.38. The summed E-state index contributed by atoms with van der Waals surface area (Å²) in [7, 11) is 1.97. The third-order valence-corrected chi connectivity index (χ3v) is 8.14. The fraction of sp³-hybridized carbons (Fsp3) is 0.265. The van der Waals surface area contributed by atoms with Crippen molar-refractivity contribution in [3.05, 3.63) is 101 Å². The summed E-state index contributed by atoms with van der Waals surface area (Å²) in [5, 5.41) is 9.46. The van der Waals surface area contributed by atoms with Crippen LogP contribution in [0.2, 0.25) is 0 Å². The van der Waals surface area contributed by atoms with E-state index in [1.54, 1.807) is 55.1 Å². The van der Waals surface area contributed by atoms with Crippen LogP contribution in [0.5, 0.6) is 0 Å². The molecule has 0 saturated carbocycles. The number of alkyl halides is 3. The number of likely N-dealkylation sites (N-methyl/N-ethyl adjacent to an activating group) is 1. The lowest BCUT2D eigenvalue weighted by molar-refractivity contribution is -0.137. The van der Waals surface area contributed by atoms with Crippen molar-refractivity contribution in [1.29, 1.82) is 0 Å². The van der Waals surface area contributed by atoms with Crippen molar-refractivity contribution < 1.29 is 22.5 Å². The number of hydrogen-bond acceptors (Lipinski definition) is 8. The average molecular weight is 628 g/mol. The summed E-state index contributed by atoms with van der Waals surface area (Å²) >= 11 is 0. The smallest absolute Gasteiger partial charge is 0.356 e. The van der Waals surface area contributed by atoms with Crippen LogP contribution in [0, 0.1) is 13.8 Å². The molecule has 1 saturated heterocycles. The second-order valence-electron chi connectivity index (χ2n) is 11.6. The van der Waals surface area contributed by atoms with E-state index < -0.39 is 17.6 Å². The lowest BCUT2D eigenvalue weighted by Gasteiger charge is -2.30. The third-order valence-electron chi connectivity index (χ3n) is 8.14. The number of likely N-dealkylation sites (tertiary alicyclic amines) is 1. The minimum atomic E-state index is -4.63. The largest absolute Gasteiger partial charge is 0.418 e. The summed E-state index contributed by atoms with van der Waals surface area (Å²) in [6, 6.07) is 12.7. The number of nitrogens with zero attached hydrogens (tertiary/aromatic N) is 5. The maximum Gasteiger partial charge on any atom is 0.418 e. The van der Waals surface area contributed by atoms with Crippen molar-refractivity contribution in [1.82, 2.24) is 25.0 Å². The molecule has 6 rings (SSSR count). The number of amides is 1. The van der Waals surface area contributed by atoms with E-state index in [2.05, 4.69) is 35.6 Å². The van der Waals surface area contributed by atoms with Crippen LogP contribution < -0.4 is 10.6 Å². The fourth-order valence-electron chi connectivity index (χ4n) is 5.66. The molecule has 46 heavy (non-hydrogen) atoms. The van der Waals surface area contributed by atoms with E-state index >= 15 is 0 Å². The van der Waals surface area contributed by atoms with E-state index in [9.17, 15) is 18.0 Å². The van der Waals surface area contributed by atoms with Gasteiger partial charge in [-0.3, -0.25) is 9.78 Å². The van der Waals surface area contributed by atoms with Crippen LogP contribution in [0.15, 0.2) is 77.8 Å². The number of carbonyl (C=O) groups excluding carboxylic acids is 1. The molecule has 1 aliphatic heterocycles. The molecule has 236 valence electrons. The van der Waals surface area contributed by atoms with Crippen molar-refractivity contribution in [2.75, 3.05) is 30.8 Å². The summed E-state index contributed by atoms with van der Waals surface area (Å²) in [5.41, 5.74) is 3.92. The minimum Gasteiger partial charge on any atom is -0.356 e. The van der Waals surface area contributed by atoms with Crippen molar-refractivity contribution in [3.8, 4) is 22.6 Å². The number of benzene rings is 2. The lowest BCUT2D eigenvalue weighted by Crippen LogP contribution is -2.31. The zero-order valence-corrected chi connectivity index (χ0v) is 25.5. The van der Waals surface area contributed by atoms with Crippen LogP contribution in [0.1, 0.15) is 51.4 Å². The quantitative estimate of drug-likeness (QED) is 0.190. The van der Waals surface area contributed by atoms with Crippen LogP contribution in [0.4, 0.5) is 30.5 Å². The number of pyridine rings is 1. The van der Waals surface area contributed by atoms with Gasteiger partial charge in [-0.2, -0.15) is 13.2 Å². The topological polar surface area (TPSA) is 109 Å². The normalized spacial score (nSPS) is 15.5. The van der Waals surface area contributed by atoms with Crippen molar-refractivity contribution in [2.24, 2.45) is 0 Å². The van der Waals surface area contributed by atoms with Gasteiger partial charge in [0.1, 0.15) is 0 Å². The number of anilines is 3. The fourth-order valence-corrected chi connectivity index (χ4v) is 5.66. The first kappa shape index (κ1) is 30.9. The number of aryl methyl sites for hydroxylation is 2. The summed E-state index contributed by atoms with van der Waals surface area (Å²) in [5.74, 6) is 0.221. The maximum absolute atomic E-state index is 14.2. The summed E-state index contributed by atoms with van der Waals surface area (Å²) in [4.78, 5) is 28.6. The van der Waals surface area contributed by atoms with Crippen LogP contribution in [-0.2, 0) is 6.18 Å². The number of halogens is 3. The molecule has 5 aromatic rings. The Bertz CT molecular complexity index is 1890. The maximum atomic E-state index is 14.2. The Balaban J connectivity index is 1.22. The summed E-state index contributed by atoms with van der Waals surface area (Å²) < 4.78 is 47.8. The monoisotopic (exact) mass is 627 g/mol. The average Bonchev–Trinajstić information content (AvgIpc) is 3.47. The van der Waals surface area contributed by atoms with Gasteiger partial charge < -0.3 is 20.1 Å². The Labute approximate surface area is 263 Å². The molecule has 1 atom stereocenters. The molecular formula is C34H32F3N7O2. The zero-order valence-electron chi connectivity index (χ0n) is 25.5. The van der Waals surface area contributed by atoms with Crippen molar-refractivity contribution in [2.45, 2.75) is 38.8 Å². The highest BCUT2D eigenvalue weighted by Gasteiger charge is 2.35. The molecule has 1 unspecified atom stereocenters. The molecule has 1 amide bonds. The van der Waals surface area contributed by atoms with Gasteiger partial charge in [0, 0.05) is 53.1 Å². The molecule has 0 spiro atoms. The Kier molecular flexibility index (Phi) is 8.55. The Morgan fingerprint density at radius 3 is 2.57 bits per heavy atom. The molecule has 1 aliphatic rings. The van der Waals surface area contributed by atoms with Gasteiger partial charge in [-0.05, 0) is 93.7 Å². The molecule has 2 N–H and O–H groups in total. The van der Waals surface area contributed by atoms with Gasteiger partial charge >= 0.3 is 6.18 Å². The van der Waals surface area contributed by atoms with E-state index in [1.807, 2.05) is 27.0 Å². The summed E-state index contributed by atoms with van der Waals surface area (Å²) in [6.45, 7) is 5.35. The Morgan fingerprint density at radius 1 is 0.978 bits per heavy atom. The number of hydrogen-bond donors (Lipinski definition) is 2. The predicted octanol–water partition coefficient (Wildman–Crippen LogP) is 7.63. The van der Waals surface area contributed by atoms with Crippen LogP contribution in [0.3, 0.4) is 0 Å². The Morgan fingerprint density at radius 2 is 1.80 bits per heavy atom. The van der Waals surface area contributed by atoms with Gasteiger partial charge in [0.25, 0.3) is 5.91 Å². The van der Waals surface area contributed by atoms with E-state index in [4.69, 9.17) is 4.52 Å². The second kappa shape index (κ2) is 12.7. The molecule has 4 heterocycles. The first-order valence-corrected chi connectivity index (χ1v) is 14.8. The molecule has 12 heteroatoms. The van der Waals surface area contributed by atoms with Crippen LogP contribution in [-0.4, -0.2) is 51.1 Å². The van der Waals surface area contributed by atoms with Gasteiger partial charge in [0.15, 0.2) is 5.76 Å². The van der Waals surface area contributed by atoms with Gasteiger partial charge in [0.2, 0.25) is 5.95 Å². The standard InChI is InChI=1S/C34H32F3N7O2/c1-20-6-7-23(32(45)41-29-9-8-22(14-27(29)34(35,36)37)24-5-4-12-44(3)19-24)15-30(20)43-33-39-11-10-28(42-33)25-13-26(18-38-17-25)31-21(2)16-40-46-31/h6-11,13-18,24H,4-5,12,19H2,1-3H3,(H,41,45)(H,39,42,43). The SMILES string of the molecule is Cc1ccc(C(=O)Nc2ccc(C3CCCN(C)C3)cc2C(F)(F)F)cc1Nc1nccc(-c2cncc(-c3oncc3C)c2)n1. The first-order valence-electron chi connectivity index (χ1n) is 14.8. The van der Waals surface area contributed by atoms with E-state index in [1.165, 1.54) is 12.1 Å². The van der Waals surface area contributed by atoms with Gasteiger partial charge in [0.05, 0.1) is 23.1 Å². The number of carbonyl (C=O) groups is 1. The van der Waals surface area contributed by atoms with Gasteiger partial charge in [-0.1, -0.05) is 17.3 Å². The third kappa shape index (κ3) is 6.76. The van der Waals surface area contributed by atoms with Crippen molar-refractivity contribution in [3.63, 3.8) is 0 Å². The molecular weight excluding hydrogens is 595 g/mol. The molecule has 2 aromatic carbocycles. The first-order chi connectivity index (χ1) is 22.0. The molecule has 1 fully saturated rings. The predicted molar refractivity (Wildman–Crippen MR) is 169 cm³/mol. The van der Waals surface area contributed by atoms with Crippen molar-refractivity contribution >= 4 is 23.2 Å². The molecule has 0 bridgehead atoms. The van der Waals surface area contributed by atoms with Crippen LogP contribution >= 0.6 is 0 Å². The molecule has 0 aliphatic carbocycles. The minimum absolute atomic E-state index is 0.00811. The van der Waals surface area contributed by atoms with Gasteiger partial charge in [-0.25, -0.2) is 9.97 Å². The van der Waals surface area contributed by atoms with E-state index in [0.717, 1.165) is 41.6 Å². The molecule has 0 radical (unpaired) electrons. The zero-order chi connectivity index (χ0) is 32.4. The number of rotatable bonds is 7. The van der Waals surface area contributed by atoms with E-state index in [0.29, 0.717) is 29.2 Å². The molecule has 9 nitrogen and oxygen atoms in total. The number of piperidine rings is 1. The summed E-state index contributed by atoms with van der Waals surface area (Å²) in [6.07, 6.45) is 3.69. The lowest BCUT2D eigenvalue weighted by atomic mass is 9.89. The number of nitrogens with one attached hydrogen (secondary N) is 2. The number of aromatic nitrogens is 4. The molecule has 3 aromatic heterocycles.